The van der Waals surface area contributed by atoms with E-state index in [1.807, 2.05) is 24.3 Å². The molecular formula is C28H29Cl2F2N3O4. The number of halogens is 4. The smallest absolute Gasteiger partial charge is 0.310 e. The van der Waals surface area contributed by atoms with Gasteiger partial charge in [-0.05, 0) is 35.1 Å². The van der Waals surface area contributed by atoms with Crippen molar-refractivity contribution < 1.29 is 28.3 Å². The van der Waals surface area contributed by atoms with Crippen LogP contribution in [0.5, 0.6) is 0 Å². The minimum absolute atomic E-state index is 0.0553. The van der Waals surface area contributed by atoms with E-state index >= 15 is 0 Å². The highest BCUT2D eigenvalue weighted by Gasteiger charge is 2.74. The van der Waals surface area contributed by atoms with E-state index in [1.54, 1.807) is 0 Å². The molecule has 1 spiro atoms. The second-order valence-corrected chi connectivity index (χ2v) is 12.5. The summed E-state index contributed by atoms with van der Waals surface area (Å²) in [6, 6.07) is 9.49. The monoisotopic (exact) mass is 579 g/mol. The van der Waals surface area contributed by atoms with Gasteiger partial charge in [-0.25, -0.2) is 8.78 Å². The molecule has 0 aromatic heterocycles. The molecule has 208 valence electrons. The van der Waals surface area contributed by atoms with E-state index in [4.69, 9.17) is 23.2 Å². The maximum Gasteiger partial charge on any atom is 0.310 e. The standard InChI is InChI=1S/C28H29Cl2F2N3O4/c1-26(2,3)15-6-4-5-14(9-15)7-8-33-23(36)20-19-12-27(31,32)13-35(19)28(21(20)24(37)38)17-10-16(29)11-18(30)22(17)34-25(28)39/h4-6,9-11,19-21H,7-8,12-13H2,1-3H3,(H,33,36)(H,34,39)(H,37,38). The molecule has 2 fully saturated rings. The van der Waals surface area contributed by atoms with Crippen molar-refractivity contribution in [1.82, 2.24) is 10.2 Å². The lowest BCUT2D eigenvalue weighted by Crippen LogP contribution is -2.54. The van der Waals surface area contributed by atoms with Crippen LogP contribution in [0.25, 0.3) is 0 Å². The van der Waals surface area contributed by atoms with Gasteiger partial charge in [0.25, 0.3) is 11.8 Å². The average Bonchev–Trinajstić information content (AvgIpc) is 3.39. The third-order valence-corrected chi connectivity index (χ3v) is 8.63. The average molecular weight is 580 g/mol. The van der Waals surface area contributed by atoms with Gasteiger partial charge in [-0.2, -0.15) is 0 Å². The Morgan fingerprint density at radius 1 is 1.21 bits per heavy atom. The molecule has 2 aromatic rings. The maximum absolute atomic E-state index is 14.8. The Balaban J connectivity index is 1.49. The first kappa shape index (κ1) is 27.8. The lowest BCUT2D eigenvalue weighted by Gasteiger charge is -2.35. The van der Waals surface area contributed by atoms with E-state index in [1.165, 1.54) is 17.0 Å². The fourth-order valence-corrected chi connectivity index (χ4v) is 6.98. The molecule has 0 aliphatic carbocycles. The zero-order valence-electron chi connectivity index (χ0n) is 21.7. The Bertz CT molecular complexity index is 1380. The van der Waals surface area contributed by atoms with Gasteiger partial charge < -0.3 is 15.7 Å². The Morgan fingerprint density at radius 2 is 1.92 bits per heavy atom. The fourth-order valence-electron chi connectivity index (χ4n) is 6.44. The predicted octanol–water partition coefficient (Wildman–Crippen LogP) is 4.84. The molecule has 0 saturated carbocycles. The van der Waals surface area contributed by atoms with Crippen LogP contribution in [-0.2, 0) is 31.8 Å². The van der Waals surface area contributed by atoms with Crippen molar-refractivity contribution in [2.75, 3.05) is 18.4 Å². The van der Waals surface area contributed by atoms with Gasteiger partial charge in [0.05, 0.1) is 23.2 Å². The topological polar surface area (TPSA) is 98.7 Å². The molecule has 0 radical (unpaired) electrons. The summed E-state index contributed by atoms with van der Waals surface area (Å²) < 4.78 is 29.7. The van der Waals surface area contributed by atoms with Crippen LogP contribution in [0.4, 0.5) is 14.5 Å². The molecule has 7 nitrogen and oxygen atoms in total. The molecule has 3 N–H and O–H groups in total. The van der Waals surface area contributed by atoms with Crippen LogP contribution >= 0.6 is 23.2 Å². The van der Waals surface area contributed by atoms with Gasteiger partial charge >= 0.3 is 5.97 Å². The molecule has 4 unspecified atom stereocenters. The fraction of sp³-hybridized carbons (Fsp3) is 0.464. The van der Waals surface area contributed by atoms with E-state index in [2.05, 4.69) is 31.4 Å². The lowest BCUT2D eigenvalue weighted by molar-refractivity contribution is -0.153. The van der Waals surface area contributed by atoms with E-state index < -0.39 is 60.1 Å². The lowest BCUT2D eigenvalue weighted by atomic mass is 9.73. The molecule has 3 aliphatic rings. The van der Waals surface area contributed by atoms with Gasteiger partial charge in [0.15, 0.2) is 0 Å². The second-order valence-electron chi connectivity index (χ2n) is 11.6. The Labute approximate surface area is 234 Å². The molecule has 39 heavy (non-hydrogen) atoms. The van der Waals surface area contributed by atoms with Crippen LogP contribution in [0.1, 0.15) is 43.9 Å². The first-order valence-electron chi connectivity index (χ1n) is 12.7. The summed E-state index contributed by atoms with van der Waals surface area (Å²) in [5, 5.41) is 15.9. The minimum atomic E-state index is -3.22. The van der Waals surface area contributed by atoms with Crippen molar-refractivity contribution in [3.63, 3.8) is 0 Å². The number of nitrogens with zero attached hydrogens (tertiary/aromatic N) is 1. The van der Waals surface area contributed by atoms with Gasteiger partial charge in [0.2, 0.25) is 5.91 Å². The number of hydrogen-bond acceptors (Lipinski definition) is 4. The van der Waals surface area contributed by atoms with Crippen molar-refractivity contribution in [1.29, 1.82) is 0 Å². The molecule has 2 saturated heterocycles. The summed E-state index contributed by atoms with van der Waals surface area (Å²) in [5.74, 6) is -9.22. The number of carboxylic acid groups (broad SMARTS) is 1. The number of carbonyl (C=O) groups excluding carboxylic acids is 2. The zero-order valence-corrected chi connectivity index (χ0v) is 23.2. The number of nitrogens with one attached hydrogen (secondary N) is 2. The largest absolute Gasteiger partial charge is 0.481 e. The van der Waals surface area contributed by atoms with Crippen LogP contribution in [0.2, 0.25) is 10.0 Å². The number of benzene rings is 2. The quantitative estimate of drug-likeness (QED) is 0.471. The zero-order chi connectivity index (χ0) is 28.5. The molecule has 11 heteroatoms. The molecular weight excluding hydrogens is 551 g/mol. The molecule has 5 rings (SSSR count). The Hall–Kier alpha value is -2.75. The number of carbonyl (C=O) groups is 3. The minimum Gasteiger partial charge on any atom is -0.481 e. The van der Waals surface area contributed by atoms with Crippen LogP contribution in [-0.4, -0.2) is 52.8 Å². The maximum atomic E-state index is 14.8. The molecule has 4 atom stereocenters. The first-order chi connectivity index (χ1) is 18.2. The van der Waals surface area contributed by atoms with Gasteiger partial charge in [-0.1, -0.05) is 68.2 Å². The van der Waals surface area contributed by atoms with Gasteiger partial charge in [-0.3, -0.25) is 19.3 Å². The number of alkyl halides is 2. The van der Waals surface area contributed by atoms with Crippen molar-refractivity contribution in [3.8, 4) is 0 Å². The van der Waals surface area contributed by atoms with Gasteiger partial charge in [-0.15, -0.1) is 0 Å². The Morgan fingerprint density at radius 3 is 2.59 bits per heavy atom. The molecule has 3 heterocycles. The molecule has 0 bridgehead atoms. The van der Waals surface area contributed by atoms with Crippen LogP contribution < -0.4 is 10.6 Å². The number of hydrogen-bond donors (Lipinski definition) is 3. The van der Waals surface area contributed by atoms with Gasteiger partial charge in [0, 0.05) is 29.6 Å². The van der Waals surface area contributed by atoms with Crippen molar-refractivity contribution in [2.24, 2.45) is 11.8 Å². The third-order valence-electron chi connectivity index (χ3n) is 8.11. The molecule has 2 amide bonds. The normalized spacial score (nSPS) is 27.4. The molecule has 2 aromatic carbocycles. The van der Waals surface area contributed by atoms with Crippen LogP contribution in [0.15, 0.2) is 36.4 Å². The highest BCUT2D eigenvalue weighted by atomic mass is 35.5. The second kappa shape index (κ2) is 9.42. The van der Waals surface area contributed by atoms with E-state index in [9.17, 15) is 28.3 Å². The summed E-state index contributed by atoms with van der Waals surface area (Å²) in [5.41, 5.74) is 0.182. The Kier molecular flexibility index (Phi) is 6.72. The highest BCUT2D eigenvalue weighted by molar-refractivity contribution is 6.38. The van der Waals surface area contributed by atoms with Crippen molar-refractivity contribution in [3.05, 3.63) is 63.1 Å². The SMILES string of the molecule is CC(C)(C)c1cccc(CCNC(=O)C2C3CC(F)(F)CN3C3(C(=O)Nc4c(Cl)cc(Cl)cc43)C2C(=O)O)c1. The number of rotatable bonds is 5. The van der Waals surface area contributed by atoms with E-state index in [0.29, 0.717) is 6.42 Å². The third kappa shape index (κ3) is 4.48. The van der Waals surface area contributed by atoms with Crippen LogP contribution in [0, 0.1) is 11.8 Å². The summed E-state index contributed by atoms with van der Waals surface area (Å²) in [7, 11) is 0. The van der Waals surface area contributed by atoms with E-state index in [0.717, 1.165) is 11.1 Å². The highest BCUT2D eigenvalue weighted by Crippen LogP contribution is 2.60. The van der Waals surface area contributed by atoms with E-state index in [-0.39, 0.29) is 33.3 Å². The molecule has 3 aliphatic heterocycles. The number of aliphatic carboxylic acids is 1. The van der Waals surface area contributed by atoms with Crippen molar-refractivity contribution in [2.45, 2.75) is 56.5 Å². The van der Waals surface area contributed by atoms with Crippen LogP contribution in [0.3, 0.4) is 0 Å². The first-order valence-corrected chi connectivity index (χ1v) is 13.5. The predicted molar refractivity (Wildman–Crippen MR) is 143 cm³/mol. The summed E-state index contributed by atoms with van der Waals surface area (Å²) >= 11 is 12.5. The summed E-state index contributed by atoms with van der Waals surface area (Å²) in [6.45, 7) is 5.58. The number of carboxylic acids is 1. The summed E-state index contributed by atoms with van der Waals surface area (Å²) in [6.07, 6.45) is -0.286. The number of anilines is 1. The summed E-state index contributed by atoms with van der Waals surface area (Å²) in [4.78, 5) is 41.1. The number of amides is 2. The van der Waals surface area contributed by atoms with Gasteiger partial charge in [0.1, 0.15) is 11.5 Å². The van der Waals surface area contributed by atoms with Crippen molar-refractivity contribution >= 4 is 46.7 Å². The number of fused-ring (bicyclic) bond motifs is 4.